The van der Waals surface area contributed by atoms with Gasteiger partial charge in [0.05, 0.1) is 6.20 Å². The predicted molar refractivity (Wildman–Crippen MR) is 170 cm³/mol. The van der Waals surface area contributed by atoms with Crippen LogP contribution in [0.4, 0.5) is 10.6 Å². The number of nitrogens with one attached hydrogen (secondary N) is 1. The molecule has 6 rings (SSSR count). The van der Waals surface area contributed by atoms with E-state index in [1.807, 2.05) is 60.7 Å². The summed E-state index contributed by atoms with van der Waals surface area (Å²) in [5, 5.41) is 2.81. The summed E-state index contributed by atoms with van der Waals surface area (Å²) in [5.41, 5.74) is 1.77. The van der Waals surface area contributed by atoms with Crippen LogP contribution in [-0.2, 0) is 6.54 Å². The van der Waals surface area contributed by atoms with Gasteiger partial charge in [-0.3, -0.25) is 9.69 Å². The number of benzene rings is 2. The van der Waals surface area contributed by atoms with E-state index in [-0.39, 0.29) is 12.0 Å². The number of amides is 2. The molecule has 4 aromatic rings. The van der Waals surface area contributed by atoms with Gasteiger partial charge in [0.25, 0.3) is 5.91 Å². The topological polar surface area (TPSA) is 106 Å². The number of rotatable bonds is 9. The zero-order valence-electron chi connectivity index (χ0n) is 25.1. The number of likely N-dealkylation sites (tertiary alicyclic amines) is 2. The molecule has 0 unspecified atom stereocenters. The molecule has 2 aliphatic rings. The molecule has 45 heavy (non-hydrogen) atoms. The van der Waals surface area contributed by atoms with Crippen molar-refractivity contribution < 1.29 is 23.8 Å². The average Bonchev–Trinajstić information content (AvgIpc) is 3.08. The summed E-state index contributed by atoms with van der Waals surface area (Å²) >= 11 is 0. The zero-order chi connectivity index (χ0) is 30.8. The summed E-state index contributed by atoms with van der Waals surface area (Å²) in [5.74, 6) is 2.40. The second-order valence-corrected chi connectivity index (χ2v) is 11.3. The number of pyridine rings is 2. The van der Waals surface area contributed by atoms with E-state index >= 15 is 0 Å². The number of carbonyl (C=O) groups is 2. The van der Waals surface area contributed by atoms with Crippen molar-refractivity contribution in [1.29, 1.82) is 0 Å². The van der Waals surface area contributed by atoms with Gasteiger partial charge in [-0.2, -0.15) is 0 Å². The van der Waals surface area contributed by atoms with Crippen LogP contribution in [-0.4, -0.2) is 64.1 Å². The van der Waals surface area contributed by atoms with Crippen LogP contribution < -0.4 is 19.5 Å². The fourth-order valence-corrected chi connectivity index (χ4v) is 5.47. The summed E-state index contributed by atoms with van der Waals surface area (Å²) in [4.78, 5) is 38.0. The first-order valence-electron chi connectivity index (χ1n) is 15.5. The molecule has 2 aromatic heterocycles. The van der Waals surface area contributed by atoms with Crippen LogP contribution in [0, 0.1) is 0 Å². The number of nitrogens with zero attached hydrogens (tertiary/aromatic N) is 4. The Labute approximate surface area is 263 Å². The first kappa shape index (κ1) is 30.1. The number of ether oxygens (including phenoxy) is 3. The fraction of sp³-hybridized carbons (Fsp3) is 0.314. The van der Waals surface area contributed by atoms with Crippen LogP contribution in [0.5, 0.6) is 23.1 Å². The molecule has 2 amide bonds. The maximum atomic E-state index is 12.8. The molecule has 2 saturated heterocycles. The highest BCUT2D eigenvalue weighted by molar-refractivity contribution is 6.03. The van der Waals surface area contributed by atoms with Gasteiger partial charge in [0.2, 0.25) is 5.88 Å². The highest BCUT2D eigenvalue weighted by atomic mass is 16.6. The Kier molecular flexibility index (Phi) is 9.81. The molecular weight excluding hydrogens is 570 g/mol. The summed E-state index contributed by atoms with van der Waals surface area (Å²) in [6, 6.07) is 23.9. The van der Waals surface area contributed by atoms with Gasteiger partial charge in [0.1, 0.15) is 23.4 Å². The third-order valence-electron chi connectivity index (χ3n) is 7.94. The minimum atomic E-state index is -0.437. The number of aromatic nitrogens is 2. The number of carbonyl (C=O) groups excluding carboxylic acids is 2. The Morgan fingerprint density at radius 3 is 2.20 bits per heavy atom. The summed E-state index contributed by atoms with van der Waals surface area (Å²) in [6.07, 6.45) is 7.86. The molecule has 0 radical (unpaired) electrons. The van der Waals surface area contributed by atoms with E-state index in [2.05, 4.69) is 20.2 Å². The molecule has 2 fully saturated rings. The highest BCUT2D eigenvalue weighted by Gasteiger charge is 2.25. The predicted octanol–water partition coefficient (Wildman–Crippen LogP) is 6.55. The molecule has 4 heterocycles. The third-order valence-corrected chi connectivity index (χ3v) is 7.94. The minimum Gasteiger partial charge on any atom is -0.490 e. The van der Waals surface area contributed by atoms with Crippen LogP contribution in [0.3, 0.4) is 0 Å². The van der Waals surface area contributed by atoms with E-state index in [1.165, 1.54) is 31.0 Å². The summed E-state index contributed by atoms with van der Waals surface area (Å²) < 4.78 is 17.4. The van der Waals surface area contributed by atoms with Gasteiger partial charge in [-0.05, 0) is 86.1 Å². The molecule has 232 valence electrons. The van der Waals surface area contributed by atoms with Crippen LogP contribution in [0.2, 0.25) is 0 Å². The van der Waals surface area contributed by atoms with Crippen molar-refractivity contribution in [1.82, 2.24) is 19.8 Å². The van der Waals surface area contributed by atoms with Gasteiger partial charge in [-0.1, -0.05) is 24.6 Å². The third kappa shape index (κ3) is 8.57. The lowest BCUT2D eigenvalue weighted by molar-refractivity contribution is 0.0928. The highest BCUT2D eigenvalue weighted by Crippen LogP contribution is 2.25. The Morgan fingerprint density at radius 2 is 1.51 bits per heavy atom. The number of anilines is 1. The van der Waals surface area contributed by atoms with Crippen LogP contribution in [0.15, 0.2) is 91.3 Å². The Morgan fingerprint density at radius 1 is 0.778 bits per heavy atom. The second kappa shape index (κ2) is 14.7. The van der Waals surface area contributed by atoms with Crippen molar-refractivity contribution in [3.63, 3.8) is 0 Å². The smallest absolute Gasteiger partial charge is 0.415 e. The molecule has 10 heteroatoms. The Bertz CT molecular complexity index is 1530. The lowest BCUT2D eigenvalue weighted by atomic mass is 10.1. The van der Waals surface area contributed by atoms with Crippen LogP contribution >= 0.6 is 0 Å². The van der Waals surface area contributed by atoms with Gasteiger partial charge >= 0.3 is 6.09 Å². The van der Waals surface area contributed by atoms with Crippen molar-refractivity contribution in [2.24, 2.45) is 0 Å². The Hall–Kier alpha value is -4.96. The van der Waals surface area contributed by atoms with Crippen molar-refractivity contribution in [2.75, 3.05) is 31.5 Å². The maximum Gasteiger partial charge on any atom is 0.415 e. The van der Waals surface area contributed by atoms with E-state index in [0.29, 0.717) is 54.7 Å². The molecular formula is C35H37N5O5. The summed E-state index contributed by atoms with van der Waals surface area (Å²) in [7, 11) is 0. The van der Waals surface area contributed by atoms with Crippen molar-refractivity contribution in [3.05, 3.63) is 102 Å². The van der Waals surface area contributed by atoms with Gasteiger partial charge in [0, 0.05) is 50.3 Å². The van der Waals surface area contributed by atoms with Gasteiger partial charge < -0.3 is 24.4 Å². The van der Waals surface area contributed by atoms with Crippen LogP contribution in [0.1, 0.15) is 48.0 Å². The molecule has 2 aliphatic heterocycles. The second-order valence-electron chi connectivity index (χ2n) is 11.3. The first-order valence-corrected chi connectivity index (χ1v) is 15.5. The van der Waals surface area contributed by atoms with Crippen molar-refractivity contribution in [2.45, 2.75) is 44.8 Å². The molecule has 0 atom stereocenters. The number of hydrogen-bond donors (Lipinski definition) is 1. The van der Waals surface area contributed by atoms with Crippen molar-refractivity contribution >= 4 is 17.8 Å². The van der Waals surface area contributed by atoms with Gasteiger partial charge in [-0.15, -0.1) is 0 Å². The van der Waals surface area contributed by atoms with Gasteiger partial charge in [-0.25, -0.2) is 14.8 Å². The monoisotopic (exact) mass is 607 g/mol. The van der Waals surface area contributed by atoms with Crippen molar-refractivity contribution in [3.8, 4) is 23.1 Å². The lowest BCUT2D eigenvalue weighted by Crippen LogP contribution is -2.43. The van der Waals surface area contributed by atoms with E-state index in [4.69, 9.17) is 14.2 Å². The molecule has 0 saturated carbocycles. The molecule has 0 bridgehead atoms. The molecule has 1 N–H and O–H groups in total. The maximum absolute atomic E-state index is 12.8. The minimum absolute atomic E-state index is 0.00737. The van der Waals surface area contributed by atoms with Crippen LogP contribution in [0.25, 0.3) is 0 Å². The Balaban J connectivity index is 0.919. The molecule has 2 aromatic carbocycles. The quantitative estimate of drug-likeness (QED) is 0.228. The zero-order valence-corrected chi connectivity index (χ0v) is 25.1. The molecule has 0 spiro atoms. The van der Waals surface area contributed by atoms with E-state index in [0.717, 1.165) is 25.4 Å². The largest absolute Gasteiger partial charge is 0.490 e. The average molecular weight is 608 g/mol. The van der Waals surface area contributed by atoms with E-state index in [9.17, 15) is 9.59 Å². The standard InChI is InChI=1S/C35H37N5O5/c41-34(27-9-7-26(8-10-27)25-39-20-4-1-5-21-39)38-32-16-15-31(24-37-32)45-35(42)40-22-17-30(18-23-40)43-28-11-13-29(14-12-28)44-33-6-2-3-19-36-33/h2-3,6-16,19,24,30H,1,4-5,17-18,20-23,25H2,(H,37,38,41). The fourth-order valence-electron chi connectivity index (χ4n) is 5.47. The normalized spacial score (nSPS) is 15.7. The van der Waals surface area contributed by atoms with E-state index in [1.54, 1.807) is 29.3 Å². The molecule has 10 nitrogen and oxygen atoms in total. The lowest BCUT2D eigenvalue weighted by Gasteiger charge is -2.31. The molecule has 0 aliphatic carbocycles. The number of piperidine rings is 2. The van der Waals surface area contributed by atoms with Gasteiger partial charge in [0.15, 0.2) is 5.75 Å². The summed E-state index contributed by atoms with van der Waals surface area (Å²) in [6.45, 7) is 4.21. The number of hydrogen-bond acceptors (Lipinski definition) is 8. The SMILES string of the molecule is O=C(Nc1ccc(OC(=O)N2CCC(Oc3ccc(Oc4ccccn4)cc3)CC2)cn1)c1ccc(CN2CCCCC2)cc1. The van der Waals surface area contributed by atoms with E-state index < -0.39 is 6.09 Å². The first-order chi connectivity index (χ1) is 22.1.